The first-order valence-electron chi connectivity index (χ1n) is 6.50. The molecule has 2 fully saturated rings. The number of nitrogens with one attached hydrogen (secondary N) is 1. The maximum atomic E-state index is 5.18. The lowest BCUT2D eigenvalue weighted by atomic mass is 10.2. The minimum Gasteiger partial charge on any atom is -0.497 e. The Morgan fingerprint density at radius 1 is 1.12 bits per heavy atom. The number of hydrogen-bond donors (Lipinski definition) is 1. The zero-order valence-electron chi connectivity index (χ0n) is 10.4. The molecular weight excluding hydrogens is 212 g/mol. The zero-order valence-corrected chi connectivity index (χ0v) is 10.4. The first kappa shape index (κ1) is 10.9. The van der Waals surface area contributed by atoms with E-state index in [-0.39, 0.29) is 0 Å². The number of hydrogen-bond acceptors (Lipinski definition) is 3. The van der Waals surface area contributed by atoms with Crippen LogP contribution in [0.4, 0.5) is 5.69 Å². The zero-order chi connectivity index (χ0) is 11.7. The first-order valence-corrected chi connectivity index (χ1v) is 6.50. The van der Waals surface area contributed by atoms with Crippen molar-refractivity contribution < 1.29 is 4.74 Å². The third-order valence-electron chi connectivity index (χ3n) is 3.67. The number of nitrogens with zero attached hydrogens (tertiary/aromatic N) is 1. The molecule has 1 heterocycles. The van der Waals surface area contributed by atoms with Crippen LogP contribution in [-0.2, 0) is 0 Å². The van der Waals surface area contributed by atoms with E-state index >= 15 is 0 Å². The molecule has 0 radical (unpaired) electrons. The molecule has 3 rings (SSSR count). The normalized spacial score (nSPS) is 24.1. The van der Waals surface area contributed by atoms with Crippen LogP contribution < -0.4 is 15.0 Å². The fourth-order valence-corrected chi connectivity index (χ4v) is 2.51. The summed E-state index contributed by atoms with van der Waals surface area (Å²) < 4.78 is 5.18. The smallest absolute Gasteiger partial charge is 0.119 e. The Kier molecular flexibility index (Phi) is 2.93. The van der Waals surface area contributed by atoms with Crippen LogP contribution in [-0.4, -0.2) is 32.3 Å². The SMILES string of the molecule is COc1ccc(N2CCC(NC3CC3)C2)cc1. The highest BCUT2D eigenvalue weighted by molar-refractivity contribution is 5.50. The molecule has 1 atom stereocenters. The molecule has 0 aromatic heterocycles. The van der Waals surface area contributed by atoms with E-state index in [0.717, 1.165) is 24.9 Å². The second-order valence-corrected chi connectivity index (χ2v) is 5.07. The first-order chi connectivity index (χ1) is 8.35. The van der Waals surface area contributed by atoms with Crippen LogP contribution in [0, 0.1) is 0 Å². The molecular formula is C14H20N2O. The van der Waals surface area contributed by atoms with Gasteiger partial charge in [-0.15, -0.1) is 0 Å². The van der Waals surface area contributed by atoms with Gasteiger partial charge in [-0.25, -0.2) is 0 Å². The van der Waals surface area contributed by atoms with E-state index in [2.05, 4.69) is 22.3 Å². The van der Waals surface area contributed by atoms with Crippen LogP contribution in [0.25, 0.3) is 0 Å². The second-order valence-electron chi connectivity index (χ2n) is 5.07. The molecule has 1 aromatic carbocycles. The molecule has 92 valence electrons. The number of ether oxygens (including phenoxy) is 1. The molecule has 2 aliphatic rings. The van der Waals surface area contributed by atoms with Crippen molar-refractivity contribution >= 4 is 5.69 Å². The Morgan fingerprint density at radius 3 is 2.53 bits per heavy atom. The maximum Gasteiger partial charge on any atom is 0.119 e. The summed E-state index contributed by atoms with van der Waals surface area (Å²) in [4.78, 5) is 2.46. The molecule has 1 aliphatic carbocycles. The third kappa shape index (κ3) is 2.55. The molecule has 17 heavy (non-hydrogen) atoms. The largest absolute Gasteiger partial charge is 0.497 e. The van der Waals surface area contributed by atoms with Gasteiger partial charge in [0, 0.05) is 30.9 Å². The molecule has 3 heteroatoms. The Labute approximate surface area is 103 Å². The van der Waals surface area contributed by atoms with E-state index in [1.54, 1.807) is 7.11 Å². The molecule has 1 saturated carbocycles. The van der Waals surface area contributed by atoms with Crippen molar-refractivity contribution in [2.75, 3.05) is 25.1 Å². The monoisotopic (exact) mass is 232 g/mol. The summed E-state index contributed by atoms with van der Waals surface area (Å²) in [7, 11) is 1.71. The summed E-state index contributed by atoms with van der Waals surface area (Å²) in [6, 6.07) is 9.88. The van der Waals surface area contributed by atoms with Gasteiger partial charge in [0.2, 0.25) is 0 Å². The lowest BCUT2D eigenvalue weighted by molar-refractivity contribution is 0.415. The van der Waals surface area contributed by atoms with Crippen molar-refractivity contribution in [3.63, 3.8) is 0 Å². The summed E-state index contributed by atoms with van der Waals surface area (Å²) in [6.07, 6.45) is 4.01. The summed E-state index contributed by atoms with van der Waals surface area (Å²) >= 11 is 0. The molecule has 0 amide bonds. The topological polar surface area (TPSA) is 24.5 Å². The van der Waals surface area contributed by atoms with Crippen molar-refractivity contribution in [1.29, 1.82) is 0 Å². The molecule has 1 unspecified atom stereocenters. The van der Waals surface area contributed by atoms with Crippen molar-refractivity contribution in [2.24, 2.45) is 0 Å². The van der Waals surface area contributed by atoms with Crippen molar-refractivity contribution in [1.82, 2.24) is 5.32 Å². The molecule has 1 aromatic rings. The van der Waals surface area contributed by atoms with Crippen LogP contribution >= 0.6 is 0 Å². The molecule has 3 nitrogen and oxygen atoms in total. The fraction of sp³-hybridized carbons (Fsp3) is 0.571. The van der Waals surface area contributed by atoms with Gasteiger partial charge in [-0.2, -0.15) is 0 Å². The Balaban J connectivity index is 1.60. The minimum atomic E-state index is 0.685. The van der Waals surface area contributed by atoms with Crippen molar-refractivity contribution in [2.45, 2.75) is 31.3 Å². The van der Waals surface area contributed by atoms with E-state index in [4.69, 9.17) is 4.74 Å². The van der Waals surface area contributed by atoms with Crippen molar-refractivity contribution in [3.8, 4) is 5.75 Å². The number of rotatable bonds is 4. The predicted molar refractivity (Wildman–Crippen MR) is 69.8 cm³/mol. The van der Waals surface area contributed by atoms with Gasteiger partial charge in [0.1, 0.15) is 5.75 Å². The van der Waals surface area contributed by atoms with Crippen LogP contribution in [0.5, 0.6) is 5.75 Å². The molecule has 0 spiro atoms. The molecule has 1 N–H and O–H groups in total. The molecule has 1 aliphatic heterocycles. The van der Waals surface area contributed by atoms with E-state index in [1.807, 2.05) is 12.1 Å². The van der Waals surface area contributed by atoms with Crippen molar-refractivity contribution in [3.05, 3.63) is 24.3 Å². The number of benzene rings is 1. The summed E-state index contributed by atoms with van der Waals surface area (Å²) in [5, 5.41) is 3.71. The van der Waals surface area contributed by atoms with E-state index in [9.17, 15) is 0 Å². The fourth-order valence-electron chi connectivity index (χ4n) is 2.51. The lowest BCUT2D eigenvalue weighted by Gasteiger charge is -2.19. The van der Waals surface area contributed by atoms with Gasteiger partial charge >= 0.3 is 0 Å². The van der Waals surface area contributed by atoms with E-state index in [0.29, 0.717) is 6.04 Å². The highest BCUT2D eigenvalue weighted by atomic mass is 16.5. The summed E-state index contributed by atoms with van der Waals surface area (Å²) in [5.74, 6) is 0.931. The van der Waals surface area contributed by atoms with Crippen LogP contribution in [0.2, 0.25) is 0 Å². The van der Waals surface area contributed by atoms with E-state index in [1.165, 1.54) is 24.9 Å². The maximum absolute atomic E-state index is 5.18. The second kappa shape index (κ2) is 4.57. The summed E-state index contributed by atoms with van der Waals surface area (Å²) in [6.45, 7) is 2.31. The average Bonchev–Trinajstić information content (AvgIpc) is 3.06. The number of methoxy groups -OCH3 is 1. The van der Waals surface area contributed by atoms with Gasteiger partial charge in [0.25, 0.3) is 0 Å². The lowest BCUT2D eigenvalue weighted by Crippen LogP contribution is -2.33. The highest BCUT2D eigenvalue weighted by Crippen LogP contribution is 2.25. The van der Waals surface area contributed by atoms with Gasteiger partial charge in [-0.05, 0) is 43.5 Å². The highest BCUT2D eigenvalue weighted by Gasteiger charge is 2.29. The molecule has 1 saturated heterocycles. The van der Waals surface area contributed by atoms with Gasteiger partial charge in [-0.3, -0.25) is 0 Å². The quantitative estimate of drug-likeness (QED) is 0.859. The molecule has 0 bridgehead atoms. The van der Waals surface area contributed by atoms with Gasteiger partial charge < -0.3 is 15.0 Å². The van der Waals surface area contributed by atoms with Crippen LogP contribution in [0.3, 0.4) is 0 Å². The minimum absolute atomic E-state index is 0.685. The van der Waals surface area contributed by atoms with Gasteiger partial charge in [0.05, 0.1) is 7.11 Å². The van der Waals surface area contributed by atoms with Crippen LogP contribution in [0.1, 0.15) is 19.3 Å². The van der Waals surface area contributed by atoms with E-state index < -0.39 is 0 Å². The predicted octanol–water partition coefficient (Wildman–Crippen LogP) is 2.03. The van der Waals surface area contributed by atoms with Crippen LogP contribution in [0.15, 0.2) is 24.3 Å². The Hall–Kier alpha value is -1.22. The summed E-state index contributed by atoms with van der Waals surface area (Å²) in [5.41, 5.74) is 1.31. The standard InChI is InChI=1S/C14H20N2O/c1-17-14-6-4-13(5-7-14)16-9-8-12(10-16)15-11-2-3-11/h4-7,11-12,15H,2-3,8-10H2,1H3. The Morgan fingerprint density at radius 2 is 1.88 bits per heavy atom. The number of anilines is 1. The third-order valence-corrected chi connectivity index (χ3v) is 3.67. The van der Waals surface area contributed by atoms with Gasteiger partial charge in [-0.1, -0.05) is 0 Å². The Bertz CT molecular complexity index is 372. The van der Waals surface area contributed by atoms with Gasteiger partial charge in [0.15, 0.2) is 0 Å². The average molecular weight is 232 g/mol.